The van der Waals surface area contributed by atoms with Gasteiger partial charge >= 0.3 is 6.18 Å². The predicted molar refractivity (Wildman–Crippen MR) is 96.4 cm³/mol. The van der Waals surface area contributed by atoms with Crippen LogP contribution >= 0.6 is 15.9 Å². The van der Waals surface area contributed by atoms with E-state index in [4.69, 9.17) is 11.2 Å². The molecule has 0 radical (unpaired) electrons. The highest BCUT2D eigenvalue weighted by molar-refractivity contribution is 9.10. The average Bonchev–Trinajstić information content (AvgIpc) is 2.88. The van der Waals surface area contributed by atoms with E-state index in [1.165, 1.54) is 6.07 Å². The van der Waals surface area contributed by atoms with E-state index in [1.54, 1.807) is 24.3 Å². The van der Waals surface area contributed by atoms with Crippen molar-refractivity contribution >= 4 is 39.2 Å². The molecule has 2 aromatic rings. The van der Waals surface area contributed by atoms with E-state index in [1.807, 2.05) is 0 Å². The van der Waals surface area contributed by atoms with Gasteiger partial charge in [-0.3, -0.25) is 4.79 Å². The Bertz CT molecular complexity index is 958. The first-order valence-corrected chi connectivity index (χ1v) is 8.19. The molecule has 26 heavy (non-hydrogen) atoms. The zero-order valence-corrected chi connectivity index (χ0v) is 14.7. The minimum Gasteiger partial charge on any atom is -0.480 e. The summed E-state index contributed by atoms with van der Waals surface area (Å²) in [4.78, 5) is 12.2. The Balaban J connectivity index is 1.95. The minimum atomic E-state index is -4.47. The van der Waals surface area contributed by atoms with E-state index < -0.39 is 17.6 Å². The molecule has 1 aliphatic heterocycles. The fourth-order valence-corrected chi connectivity index (χ4v) is 3.04. The van der Waals surface area contributed by atoms with Crippen molar-refractivity contribution in [2.75, 3.05) is 11.9 Å². The summed E-state index contributed by atoms with van der Waals surface area (Å²) in [6.07, 6.45) is 2.28. The van der Waals surface area contributed by atoms with Gasteiger partial charge in [0.05, 0.1) is 10.0 Å². The van der Waals surface area contributed by atoms with Gasteiger partial charge in [-0.1, -0.05) is 18.1 Å². The van der Waals surface area contributed by atoms with Gasteiger partial charge in [0.1, 0.15) is 12.4 Å². The van der Waals surface area contributed by atoms with Gasteiger partial charge in [0, 0.05) is 16.8 Å². The van der Waals surface area contributed by atoms with Crippen molar-refractivity contribution in [1.29, 1.82) is 0 Å². The number of hydrogen-bond donors (Lipinski definition) is 1. The molecule has 0 aliphatic carbocycles. The van der Waals surface area contributed by atoms with Gasteiger partial charge in [-0.25, -0.2) is 0 Å². The number of anilines is 1. The maximum absolute atomic E-state index is 12.8. The van der Waals surface area contributed by atoms with Crippen LogP contribution in [0.1, 0.15) is 16.7 Å². The van der Waals surface area contributed by atoms with Crippen molar-refractivity contribution in [3.05, 3.63) is 57.6 Å². The molecular formula is C19H11BrF3NO2. The first-order valence-electron chi connectivity index (χ1n) is 7.40. The number of ether oxygens (including phenoxy) is 1. The number of amides is 1. The maximum Gasteiger partial charge on any atom is 0.416 e. The van der Waals surface area contributed by atoms with Crippen LogP contribution in [0.4, 0.5) is 18.9 Å². The largest absolute Gasteiger partial charge is 0.480 e. The van der Waals surface area contributed by atoms with Crippen molar-refractivity contribution in [2.24, 2.45) is 0 Å². The van der Waals surface area contributed by atoms with E-state index in [9.17, 15) is 18.0 Å². The first kappa shape index (κ1) is 18.1. The van der Waals surface area contributed by atoms with E-state index in [0.29, 0.717) is 21.3 Å². The summed E-state index contributed by atoms with van der Waals surface area (Å²) >= 11 is 3.36. The van der Waals surface area contributed by atoms with Gasteiger partial charge in [0.15, 0.2) is 0 Å². The van der Waals surface area contributed by atoms with Crippen LogP contribution in [0, 0.1) is 12.3 Å². The van der Waals surface area contributed by atoms with Gasteiger partial charge in [0.25, 0.3) is 5.91 Å². The highest BCUT2D eigenvalue weighted by atomic mass is 79.9. The summed E-state index contributed by atoms with van der Waals surface area (Å²) < 4.78 is 44.4. The Morgan fingerprint density at radius 1 is 1.23 bits per heavy atom. The molecule has 0 saturated carbocycles. The molecule has 0 unspecified atom stereocenters. The third-order valence-electron chi connectivity index (χ3n) is 3.71. The van der Waals surface area contributed by atoms with Crippen molar-refractivity contribution < 1.29 is 22.7 Å². The second kappa shape index (κ2) is 6.89. The predicted octanol–water partition coefficient (Wildman–Crippen LogP) is 4.97. The zero-order chi connectivity index (χ0) is 18.9. The molecule has 0 saturated heterocycles. The maximum atomic E-state index is 12.8. The smallest absolute Gasteiger partial charge is 0.416 e. The molecule has 0 bridgehead atoms. The van der Waals surface area contributed by atoms with Gasteiger partial charge in [-0.2, -0.15) is 13.2 Å². The number of hydrogen-bond acceptors (Lipinski definition) is 2. The molecule has 0 aromatic heterocycles. The molecule has 7 heteroatoms. The number of rotatable bonds is 3. The topological polar surface area (TPSA) is 38.3 Å². The Kier molecular flexibility index (Phi) is 4.79. The molecule has 132 valence electrons. The van der Waals surface area contributed by atoms with Crippen LogP contribution in [-0.2, 0) is 11.0 Å². The third kappa shape index (κ3) is 3.60. The van der Waals surface area contributed by atoms with Gasteiger partial charge in [-0.05, 0) is 51.8 Å². The standard InChI is InChI=1S/C19H11BrF3NO2/c1-2-7-26-17-6-3-11(9-15(17)20)8-14-13-5-4-12(19(21,22)23)10-16(13)24-18(14)25/h1,3-6,8-10H,7H2,(H,24,25)/b14-8-. The lowest BCUT2D eigenvalue weighted by atomic mass is 10.0. The van der Waals surface area contributed by atoms with Crippen molar-refractivity contribution in [3.63, 3.8) is 0 Å². The Morgan fingerprint density at radius 3 is 2.65 bits per heavy atom. The summed E-state index contributed by atoms with van der Waals surface area (Å²) in [7, 11) is 0. The lowest BCUT2D eigenvalue weighted by molar-refractivity contribution is -0.137. The Hall–Kier alpha value is -2.72. The highest BCUT2D eigenvalue weighted by Crippen LogP contribution is 2.38. The summed E-state index contributed by atoms with van der Waals surface area (Å²) in [6, 6.07) is 8.32. The Morgan fingerprint density at radius 2 is 2.00 bits per heavy atom. The van der Waals surface area contributed by atoms with E-state index >= 15 is 0 Å². The number of carbonyl (C=O) groups is 1. The first-order chi connectivity index (χ1) is 12.3. The summed E-state index contributed by atoms with van der Waals surface area (Å²) in [5, 5.41) is 2.47. The molecular weight excluding hydrogens is 411 g/mol. The molecule has 2 aromatic carbocycles. The number of carbonyl (C=O) groups excluding carboxylic acids is 1. The third-order valence-corrected chi connectivity index (χ3v) is 4.33. The van der Waals surface area contributed by atoms with Crippen molar-refractivity contribution in [3.8, 4) is 18.1 Å². The van der Waals surface area contributed by atoms with E-state index in [-0.39, 0.29) is 17.9 Å². The van der Waals surface area contributed by atoms with Crippen LogP contribution in [0.5, 0.6) is 5.75 Å². The second-order valence-corrected chi connectivity index (χ2v) is 6.31. The minimum absolute atomic E-state index is 0.121. The number of nitrogens with one attached hydrogen (secondary N) is 1. The van der Waals surface area contributed by atoms with E-state index in [2.05, 4.69) is 27.2 Å². The number of terminal acetylenes is 1. The zero-order valence-electron chi connectivity index (χ0n) is 13.2. The van der Waals surface area contributed by atoms with Gasteiger partial charge in [-0.15, -0.1) is 6.42 Å². The quantitative estimate of drug-likeness (QED) is 0.560. The van der Waals surface area contributed by atoms with Crippen LogP contribution in [0.3, 0.4) is 0 Å². The van der Waals surface area contributed by atoms with Crippen molar-refractivity contribution in [1.82, 2.24) is 0 Å². The number of halogens is 4. The Labute approximate surface area is 156 Å². The van der Waals surface area contributed by atoms with Crippen molar-refractivity contribution in [2.45, 2.75) is 6.18 Å². The van der Waals surface area contributed by atoms with Crippen LogP contribution < -0.4 is 10.1 Å². The molecule has 0 atom stereocenters. The molecule has 1 N–H and O–H groups in total. The monoisotopic (exact) mass is 421 g/mol. The molecule has 1 amide bonds. The van der Waals surface area contributed by atoms with Crippen LogP contribution in [-0.4, -0.2) is 12.5 Å². The molecule has 1 heterocycles. The number of fused-ring (bicyclic) bond motifs is 1. The molecule has 3 rings (SSSR count). The fraction of sp³-hybridized carbons (Fsp3) is 0.105. The second-order valence-electron chi connectivity index (χ2n) is 5.45. The summed E-state index contributed by atoms with van der Waals surface area (Å²) in [5.41, 5.74) is 0.729. The molecule has 1 aliphatic rings. The summed E-state index contributed by atoms with van der Waals surface area (Å²) in [6.45, 7) is 0.121. The normalized spacial score (nSPS) is 14.7. The molecule has 0 fully saturated rings. The SMILES string of the molecule is C#CCOc1ccc(/C=C2\C(=O)Nc3cc(C(F)(F)F)ccc32)cc1Br. The van der Waals surface area contributed by atoms with Gasteiger partial charge < -0.3 is 10.1 Å². The van der Waals surface area contributed by atoms with Crippen LogP contribution in [0.2, 0.25) is 0 Å². The lowest BCUT2D eigenvalue weighted by Gasteiger charge is -2.08. The molecule has 0 spiro atoms. The lowest BCUT2D eigenvalue weighted by Crippen LogP contribution is -2.06. The van der Waals surface area contributed by atoms with Gasteiger partial charge in [0.2, 0.25) is 0 Å². The van der Waals surface area contributed by atoms with Crippen LogP contribution in [0.15, 0.2) is 40.9 Å². The summed E-state index contributed by atoms with van der Waals surface area (Å²) in [5.74, 6) is 2.46. The van der Waals surface area contributed by atoms with Crippen LogP contribution in [0.25, 0.3) is 11.6 Å². The number of benzene rings is 2. The average molecular weight is 422 g/mol. The molecule has 3 nitrogen and oxygen atoms in total. The fourth-order valence-electron chi connectivity index (χ4n) is 2.52. The van der Waals surface area contributed by atoms with E-state index in [0.717, 1.165) is 12.1 Å². The highest BCUT2D eigenvalue weighted by Gasteiger charge is 2.33. The number of alkyl halides is 3.